The Hall–Kier alpha value is -0.600. The molecule has 0 aliphatic carbocycles. The maximum atomic E-state index is 9.52. The van der Waals surface area contributed by atoms with Gasteiger partial charge in [-0.2, -0.15) is 0 Å². The summed E-state index contributed by atoms with van der Waals surface area (Å²) in [6, 6.07) is 1.99. The van der Waals surface area contributed by atoms with Crippen molar-refractivity contribution >= 4 is 11.3 Å². The Bertz CT molecular complexity index is 262. The predicted octanol–water partition coefficient (Wildman–Crippen LogP) is 2.67. The molecule has 1 aromatic heterocycles. The Morgan fingerprint density at radius 2 is 2.36 bits per heavy atom. The second-order valence-electron chi connectivity index (χ2n) is 2.78. The van der Waals surface area contributed by atoms with E-state index in [0.29, 0.717) is 0 Å². The van der Waals surface area contributed by atoms with Crippen molar-refractivity contribution in [3.63, 3.8) is 0 Å². The Kier molecular flexibility index (Phi) is 2.47. The second kappa shape index (κ2) is 3.20. The highest BCUT2D eigenvalue weighted by molar-refractivity contribution is 7.10. The van der Waals surface area contributed by atoms with Gasteiger partial charge in [-0.25, -0.2) is 0 Å². The minimum atomic E-state index is -0.478. The molecule has 0 spiro atoms. The molecule has 0 amide bonds. The Morgan fingerprint density at radius 3 is 2.73 bits per heavy atom. The van der Waals surface area contributed by atoms with E-state index in [1.54, 1.807) is 11.3 Å². The molecule has 1 rings (SSSR count). The van der Waals surface area contributed by atoms with Gasteiger partial charge in [-0.05, 0) is 36.4 Å². The van der Waals surface area contributed by atoms with Crippen molar-refractivity contribution < 1.29 is 5.11 Å². The molecule has 0 aromatic carbocycles. The van der Waals surface area contributed by atoms with Crippen molar-refractivity contribution in [2.45, 2.75) is 20.0 Å². The summed E-state index contributed by atoms with van der Waals surface area (Å²) in [6.45, 7) is 7.55. The van der Waals surface area contributed by atoms with Crippen LogP contribution in [0.1, 0.15) is 23.5 Å². The van der Waals surface area contributed by atoms with Gasteiger partial charge in [-0.3, -0.25) is 0 Å². The van der Waals surface area contributed by atoms with Crippen LogP contribution in [0.5, 0.6) is 0 Å². The normalized spacial score (nSPS) is 13.0. The smallest absolute Gasteiger partial charge is 0.109 e. The Labute approximate surface area is 71.0 Å². The lowest BCUT2D eigenvalue weighted by Gasteiger charge is -2.05. The minimum Gasteiger partial charge on any atom is -0.383 e. The molecule has 11 heavy (non-hydrogen) atoms. The molecule has 1 unspecified atom stereocenters. The highest BCUT2D eigenvalue weighted by Gasteiger charge is 2.08. The lowest BCUT2D eigenvalue weighted by atomic mass is 10.1. The zero-order valence-electron chi connectivity index (χ0n) is 6.79. The molecule has 1 atom stereocenters. The van der Waals surface area contributed by atoms with Gasteiger partial charge in [0.1, 0.15) is 6.10 Å². The first-order valence-corrected chi connectivity index (χ1v) is 4.37. The topological polar surface area (TPSA) is 20.2 Å². The highest BCUT2D eigenvalue weighted by Crippen LogP contribution is 2.25. The van der Waals surface area contributed by atoms with Crippen LogP contribution in [-0.4, -0.2) is 5.11 Å². The van der Waals surface area contributed by atoms with Crippen molar-refractivity contribution in [3.8, 4) is 0 Å². The summed E-state index contributed by atoms with van der Waals surface area (Å²) in [4.78, 5) is 0.981. The standard InChI is InChI=1S/C9H12OS/c1-6(2)9(10)8-4-7(3)5-11-8/h4-5,9-10H,1H2,2-3H3. The summed E-state index contributed by atoms with van der Waals surface area (Å²) in [5.74, 6) is 0. The molecule has 60 valence electrons. The van der Waals surface area contributed by atoms with Gasteiger partial charge in [0.2, 0.25) is 0 Å². The number of thiophene rings is 1. The van der Waals surface area contributed by atoms with Crippen LogP contribution in [0, 0.1) is 6.92 Å². The lowest BCUT2D eigenvalue weighted by molar-refractivity contribution is 0.220. The van der Waals surface area contributed by atoms with E-state index >= 15 is 0 Å². The van der Waals surface area contributed by atoms with E-state index in [9.17, 15) is 5.11 Å². The van der Waals surface area contributed by atoms with Crippen molar-refractivity contribution in [2.75, 3.05) is 0 Å². The molecule has 1 N–H and O–H groups in total. The predicted molar refractivity (Wildman–Crippen MR) is 48.8 cm³/mol. The third-order valence-corrected chi connectivity index (χ3v) is 2.59. The number of hydrogen-bond acceptors (Lipinski definition) is 2. The van der Waals surface area contributed by atoms with E-state index in [-0.39, 0.29) is 0 Å². The monoisotopic (exact) mass is 168 g/mol. The molecule has 0 saturated heterocycles. The highest BCUT2D eigenvalue weighted by atomic mass is 32.1. The molecule has 0 fully saturated rings. The van der Waals surface area contributed by atoms with Gasteiger partial charge < -0.3 is 5.11 Å². The van der Waals surface area contributed by atoms with E-state index in [2.05, 4.69) is 6.58 Å². The fourth-order valence-electron chi connectivity index (χ4n) is 0.840. The number of hydrogen-bond donors (Lipinski definition) is 1. The van der Waals surface area contributed by atoms with Gasteiger partial charge in [0.25, 0.3) is 0 Å². The average molecular weight is 168 g/mol. The maximum absolute atomic E-state index is 9.52. The largest absolute Gasteiger partial charge is 0.383 e. The average Bonchev–Trinajstić information content (AvgIpc) is 2.34. The molecule has 0 bridgehead atoms. The van der Waals surface area contributed by atoms with Crippen molar-refractivity contribution in [1.82, 2.24) is 0 Å². The van der Waals surface area contributed by atoms with Gasteiger partial charge in [0, 0.05) is 4.88 Å². The number of rotatable bonds is 2. The van der Waals surface area contributed by atoms with Gasteiger partial charge >= 0.3 is 0 Å². The molecular weight excluding hydrogens is 156 g/mol. The van der Waals surface area contributed by atoms with Crippen LogP contribution >= 0.6 is 11.3 Å². The van der Waals surface area contributed by atoms with Crippen LogP contribution in [-0.2, 0) is 0 Å². The fourth-order valence-corrected chi connectivity index (χ4v) is 1.81. The van der Waals surface area contributed by atoms with Gasteiger partial charge in [-0.15, -0.1) is 11.3 Å². The zero-order valence-corrected chi connectivity index (χ0v) is 7.61. The van der Waals surface area contributed by atoms with Crippen LogP contribution in [0.15, 0.2) is 23.6 Å². The SMILES string of the molecule is C=C(C)C(O)c1cc(C)cs1. The number of aryl methyl sites for hydroxylation is 1. The molecule has 0 aliphatic rings. The van der Waals surface area contributed by atoms with E-state index in [0.717, 1.165) is 10.5 Å². The third-order valence-electron chi connectivity index (χ3n) is 1.49. The van der Waals surface area contributed by atoms with Gasteiger partial charge in [0.15, 0.2) is 0 Å². The fraction of sp³-hybridized carbons (Fsp3) is 0.333. The summed E-state index contributed by atoms with van der Waals surface area (Å²) in [7, 11) is 0. The molecular formula is C9H12OS. The Morgan fingerprint density at radius 1 is 1.73 bits per heavy atom. The van der Waals surface area contributed by atoms with Crippen LogP contribution in [0.2, 0.25) is 0 Å². The first-order chi connectivity index (χ1) is 5.11. The maximum Gasteiger partial charge on any atom is 0.109 e. The van der Waals surface area contributed by atoms with E-state index < -0.39 is 6.10 Å². The molecule has 0 aliphatic heterocycles. The number of aliphatic hydroxyl groups is 1. The van der Waals surface area contributed by atoms with Crippen LogP contribution in [0.4, 0.5) is 0 Å². The summed E-state index contributed by atoms with van der Waals surface area (Å²) in [5, 5.41) is 11.6. The summed E-state index contributed by atoms with van der Waals surface area (Å²) >= 11 is 1.58. The first kappa shape index (κ1) is 8.50. The first-order valence-electron chi connectivity index (χ1n) is 3.49. The Balaban J connectivity index is 2.84. The molecule has 2 heteroatoms. The van der Waals surface area contributed by atoms with Crippen LogP contribution in [0.25, 0.3) is 0 Å². The molecule has 0 radical (unpaired) electrons. The van der Waals surface area contributed by atoms with Crippen molar-refractivity contribution in [1.29, 1.82) is 0 Å². The molecule has 1 heterocycles. The van der Waals surface area contributed by atoms with Crippen LogP contribution in [0.3, 0.4) is 0 Å². The minimum absolute atomic E-state index is 0.478. The summed E-state index contributed by atoms with van der Waals surface area (Å²) in [5.41, 5.74) is 2.00. The molecule has 1 nitrogen and oxygen atoms in total. The van der Waals surface area contributed by atoms with E-state index in [1.807, 2.05) is 25.3 Å². The summed E-state index contributed by atoms with van der Waals surface area (Å²) < 4.78 is 0. The van der Waals surface area contributed by atoms with E-state index in [4.69, 9.17) is 0 Å². The van der Waals surface area contributed by atoms with E-state index in [1.165, 1.54) is 5.56 Å². The lowest BCUT2D eigenvalue weighted by Crippen LogP contribution is -1.93. The molecule has 0 saturated carbocycles. The van der Waals surface area contributed by atoms with Gasteiger partial charge in [-0.1, -0.05) is 6.58 Å². The van der Waals surface area contributed by atoms with Gasteiger partial charge in [0.05, 0.1) is 0 Å². The van der Waals surface area contributed by atoms with Crippen molar-refractivity contribution in [2.24, 2.45) is 0 Å². The third kappa shape index (κ3) is 1.91. The molecule has 1 aromatic rings. The van der Waals surface area contributed by atoms with Crippen molar-refractivity contribution in [3.05, 3.63) is 34.0 Å². The number of aliphatic hydroxyl groups excluding tert-OH is 1. The summed E-state index contributed by atoms with van der Waals surface area (Å²) in [6.07, 6.45) is -0.478. The zero-order chi connectivity index (χ0) is 8.43. The quantitative estimate of drug-likeness (QED) is 0.673. The van der Waals surface area contributed by atoms with Crippen LogP contribution < -0.4 is 0 Å². The second-order valence-corrected chi connectivity index (χ2v) is 3.72.